The number of Topliss-reactive ketones (excluding diaryl/α,β-unsaturated/α-hetero) is 1. The van der Waals surface area contributed by atoms with E-state index in [1.807, 2.05) is 6.07 Å². The number of nitriles is 1. The minimum atomic E-state index is -1.02. The molecule has 22 heavy (non-hydrogen) atoms. The van der Waals surface area contributed by atoms with Gasteiger partial charge in [0.25, 0.3) is 5.78 Å². The third-order valence-electron chi connectivity index (χ3n) is 3.35. The van der Waals surface area contributed by atoms with Crippen LogP contribution in [0.25, 0.3) is 0 Å². The van der Waals surface area contributed by atoms with Crippen LogP contribution in [-0.4, -0.2) is 18.9 Å². The average Bonchev–Trinajstić information content (AvgIpc) is 2.53. The van der Waals surface area contributed by atoms with Gasteiger partial charge in [0.15, 0.2) is 0 Å². The second-order valence-electron chi connectivity index (χ2n) is 4.63. The van der Waals surface area contributed by atoms with E-state index in [1.54, 1.807) is 30.3 Å². The van der Waals surface area contributed by atoms with Crippen LogP contribution in [0.4, 0.5) is 0 Å². The Kier molecular flexibility index (Phi) is 4.28. The zero-order valence-corrected chi connectivity index (χ0v) is 12.1. The molecule has 0 saturated heterocycles. The summed E-state index contributed by atoms with van der Waals surface area (Å²) >= 11 is 0. The van der Waals surface area contributed by atoms with Gasteiger partial charge in [-0.25, -0.2) is 4.79 Å². The number of hydrogen-bond donors (Lipinski definition) is 1. The Bertz CT molecular complexity index is 726. The van der Waals surface area contributed by atoms with Crippen LogP contribution >= 0.6 is 0 Å². The third kappa shape index (κ3) is 2.56. The number of ether oxygens (including phenoxy) is 2. The zero-order valence-electron chi connectivity index (χ0n) is 12.1. The van der Waals surface area contributed by atoms with E-state index >= 15 is 0 Å². The summed E-state index contributed by atoms with van der Waals surface area (Å²) in [6.07, 6.45) is 0. The highest BCUT2D eigenvalue weighted by Gasteiger charge is 2.38. The van der Waals surface area contributed by atoms with E-state index < -0.39 is 17.7 Å². The van der Waals surface area contributed by atoms with Gasteiger partial charge in [-0.15, -0.1) is 0 Å². The summed E-state index contributed by atoms with van der Waals surface area (Å²) in [5.74, 6) is -2.52. The van der Waals surface area contributed by atoms with Crippen LogP contribution in [0.15, 0.2) is 53.1 Å². The molecule has 2 N–H and O–H groups in total. The van der Waals surface area contributed by atoms with Gasteiger partial charge in [-0.1, -0.05) is 30.3 Å². The van der Waals surface area contributed by atoms with Gasteiger partial charge in [-0.2, -0.15) is 5.26 Å². The predicted octanol–water partition coefficient (Wildman–Crippen LogP) is 1.51. The number of carbonyl (C=O) groups excluding carboxylic acids is 2. The van der Waals surface area contributed by atoms with Crippen molar-refractivity contribution in [3.05, 3.63) is 58.7 Å². The van der Waals surface area contributed by atoms with Gasteiger partial charge in [0.1, 0.15) is 17.4 Å². The molecule has 0 amide bonds. The topological polar surface area (TPSA) is 102 Å². The minimum Gasteiger partial charge on any atom is -0.463 e. The highest BCUT2D eigenvalue weighted by Crippen LogP contribution is 2.39. The van der Waals surface area contributed by atoms with Crippen LogP contribution in [-0.2, 0) is 19.1 Å². The fourth-order valence-corrected chi connectivity index (χ4v) is 2.36. The van der Waals surface area contributed by atoms with E-state index in [9.17, 15) is 14.9 Å². The number of esters is 1. The number of nitrogens with two attached hydrogens (primary N) is 1. The monoisotopic (exact) mass is 298 g/mol. The molecule has 0 bridgehead atoms. The molecule has 1 heterocycles. The molecule has 0 saturated carbocycles. The van der Waals surface area contributed by atoms with Crippen LogP contribution in [0.2, 0.25) is 0 Å². The van der Waals surface area contributed by atoms with Gasteiger partial charge in [-0.3, -0.25) is 4.79 Å². The Morgan fingerprint density at radius 1 is 1.32 bits per heavy atom. The van der Waals surface area contributed by atoms with E-state index in [0.29, 0.717) is 5.56 Å². The van der Waals surface area contributed by atoms with Gasteiger partial charge >= 0.3 is 5.97 Å². The molecule has 6 heteroatoms. The van der Waals surface area contributed by atoms with Crippen molar-refractivity contribution in [2.24, 2.45) is 5.73 Å². The molecule has 0 spiro atoms. The molecule has 1 aliphatic rings. The second kappa shape index (κ2) is 6.14. The Balaban J connectivity index is 2.63. The lowest BCUT2D eigenvalue weighted by Crippen LogP contribution is -2.28. The van der Waals surface area contributed by atoms with Crippen molar-refractivity contribution in [1.29, 1.82) is 5.26 Å². The number of hydrogen-bond acceptors (Lipinski definition) is 6. The lowest BCUT2D eigenvalue weighted by atomic mass is 9.81. The summed E-state index contributed by atoms with van der Waals surface area (Å²) in [5.41, 5.74) is 6.56. The molecule has 1 aliphatic heterocycles. The van der Waals surface area contributed by atoms with Crippen LogP contribution in [0, 0.1) is 11.3 Å². The fourth-order valence-electron chi connectivity index (χ4n) is 2.36. The highest BCUT2D eigenvalue weighted by molar-refractivity contribution is 6.41. The molecule has 1 unspecified atom stereocenters. The van der Waals surface area contributed by atoms with Crippen LogP contribution in [0.3, 0.4) is 0 Å². The molecule has 0 aromatic heterocycles. The second-order valence-corrected chi connectivity index (χ2v) is 4.63. The van der Waals surface area contributed by atoms with E-state index in [0.717, 1.165) is 7.11 Å². The normalized spacial score (nSPS) is 17.6. The molecular formula is C16H14N2O4. The van der Waals surface area contributed by atoms with E-state index in [1.165, 1.54) is 6.92 Å². The molecule has 2 rings (SSSR count). The van der Waals surface area contributed by atoms with Crippen molar-refractivity contribution in [2.45, 2.75) is 12.8 Å². The smallest absolute Gasteiger partial charge is 0.379 e. The molecule has 112 valence electrons. The number of nitrogens with zero attached hydrogens (tertiary/aromatic N) is 1. The summed E-state index contributed by atoms with van der Waals surface area (Å²) < 4.78 is 9.74. The summed E-state index contributed by atoms with van der Waals surface area (Å²) in [5, 5.41) is 9.36. The first-order chi connectivity index (χ1) is 10.5. The van der Waals surface area contributed by atoms with Gasteiger partial charge in [0.05, 0.1) is 18.6 Å². The average molecular weight is 298 g/mol. The lowest BCUT2D eigenvalue weighted by Gasteiger charge is -2.26. The van der Waals surface area contributed by atoms with Crippen molar-refractivity contribution in [3.8, 4) is 6.07 Å². The summed E-state index contributed by atoms with van der Waals surface area (Å²) in [4.78, 5) is 23.9. The molecule has 6 nitrogen and oxygen atoms in total. The molecule has 1 aromatic rings. The molecular weight excluding hydrogens is 284 g/mol. The van der Waals surface area contributed by atoms with E-state index in [2.05, 4.69) is 4.74 Å². The SMILES string of the molecule is COC(=O)C(=O)C1=C(C)OC(N)=C(C#N)C1c1ccccc1. The zero-order chi connectivity index (χ0) is 16.3. The fraction of sp³-hybridized carbons (Fsp3) is 0.188. The first-order valence-corrected chi connectivity index (χ1v) is 6.47. The van der Waals surface area contributed by atoms with E-state index in [4.69, 9.17) is 10.5 Å². The van der Waals surface area contributed by atoms with Crippen molar-refractivity contribution in [3.63, 3.8) is 0 Å². The molecule has 1 atom stereocenters. The summed E-state index contributed by atoms with van der Waals surface area (Å²) in [6.45, 7) is 1.52. The third-order valence-corrected chi connectivity index (χ3v) is 3.35. The quantitative estimate of drug-likeness (QED) is 0.670. The van der Waals surface area contributed by atoms with Crippen molar-refractivity contribution in [1.82, 2.24) is 0 Å². The summed E-state index contributed by atoms with van der Waals surface area (Å²) in [7, 11) is 1.12. The highest BCUT2D eigenvalue weighted by atomic mass is 16.5. The molecule has 1 aromatic carbocycles. The van der Waals surface area contributed by atoms with Crippen LogP contribution in [0.5, 0.6) is 0 Å². The van der Waals surface area contributed by atoms with Crippen molar-refractivity contribution in [2.75, 3.05) is 7.11 Å². The van der Waals surface area contributed by atoms with Gasteiger partial charge in [0.2, 0.25) is 5.88 Å². The lowest BCUT2D eigenvalue weighted by molar-refractivity contribution is -0.150. The number of carbonyl (C=O) groups is 2. The largest absolute Gasteiger partial charge is 0.463 e. The Labute approximate surface area is 127 Å². The first-order valence-electron chi connectivity index (χ1n) is 6.47. The molecule has 0 fully saturated rings. The van der Waals surface area contributed by atoms with Crippen LogP contribution < -0.4 is 5.73 Å². The number of benzene rings is 1. The Morgan fingerprint density at radius 2 is 1.95 bits per heavy atom. The maximum absolute atomic E-state index is 12.3. The predicted molar refractivity (Wildman–Crippen MR) is 76.8 cm³/mol. The first kappa shape index (κ1) is 15.3. The van der Waals surface area contributed by atoms with Crippen LogP contribution in [0.1, 0.15) is 18.4 Å². The number of ketones is 1. The van der Waals surface area contributed by atoms with E-state index in [-0.39, 0.29) is 22.8 Å². The van der Waals surface area contributed by atoms with Crippen molar-refractivity contribution >= 4 is 11.8 Å². The Morgan fingerprint density at radius 3 is 2.50 bits per heavy atom. The molecule has 0 radical (unpaired) electrons. The minimum absolute atomic E-state index is 0.0591. The summed E-state index contributed by atoms with van der Waals surface area (Å²) in [6, 6.07) is 10.8. The van der Waals surface area contributed by atoms with Crippen molar-refractivity contribution < 1.29 is 19.1 Å². The van der Waals surface area contributed by atoms with Gasteiger partial charge < -0.3 is 15.2 Å². The maximum atomic E-state index is 12.3. The Hall–Kier alpha value is -3.07. The van der Waals surface area contributed by atoms with Gasteiger partial charge in [-0.05, 0) is 12.5 Å². The number of methoxy groups -OCH3 is 1. The molecule has 0 aliphatic carbocycles. The number of rotatable bonds is 3. The maximum Gasteiger partial charge on any atom is 0.379 e. The standard InChI is InChI=1S/C16H14N2O4/c1-9-12(14(19)16(20)21-2)13(10-6-4-3-5-7-10)11(8-17)15(18)22-9/h3-7,13H,18H2,1-2H3. The number of allylic oxidation sites excluding steroid dienone is 2. The van der Waals surface area contributed by atoms with Gasteiger partial charge in [0, 0.05) is 0 Å².